The van der Waals surface area contributed by atoms with Gasteiger partial charge in [-0.25, -0.2) is 8.42 Å². The Morgan fingerprint density at radius 3 is 2.59 bits per heavy atom. The lowest BCUT2D eigenvalue weighted by atomic mass is 9.99. The molecule has 5 rings (SSSR count). The Labute approximate surface area is 250 Å². The maximum Gasteiger partial charge on any atom is 0.287 e. The molecule has 1 aliphatic carbocycles. The molecule has 12 heteroatoms. The summed E-state index contributed by atoms with van der Waals surface area (Å²) >= 11 is 7.42. The minimum Gasteiger partial charge on any atom is -0.379 e. The monoisotopic (exact) mass is 616 g/mol. The van der Waals surface area contributed by atoms with Crippen molar-refractivity contribution < 1.29 is 22.7 Å². The number of likely N-dealkylation sites (N-methyl/N-ethyl adjacent to an activating group) is 1. The fraction of sp³-hybridized carbons (Fsp3) is 0.379. The standard InChI is InChI=1S/C29H33ClN4O5S2/c1-32(28(35)19-34-25-17-23(30)10-11-27(25)40-29(34)36)26(18-33-12-14-39-15-13-33)21-8-6-20(7-9-21)22-4-3-5-24(16-22)31-41(2,37)38/h3-11,16,25-26,31H,12-15,17-19H2,1-2H3. The molecule has 9 nitrogen and oxygen atoms in total. The van der Waals surface area contributed by atoms with Crippen LogP contribution in [0.2, 0.25) is 0 Å². The van der Waals surface area contributed by atoms with Crippen molar-refractivity contribution in [2.75, 3.05) is 57.4 Å². The molecule has 2 amide bonds. The highest BCUT2D eigenvalue weighted by Gasteiger charge is 2.39. The highest BCUT2D eigenvalue weighted by atomic mass is 35.5. The van der Waals surface area contributed by atoms with Gasteiger partial charge in [-0.3, -0.25) is 19.2 Å². The van der Waals surface area contributed by atoms with Gasteiger partial charge in [0.05, 0.1) is 31.6 Å². The van der Waals surface area contributed by atoms with Crippen LogP contribution in [-0.2, 0) is 19.6 Å². The molecule has 0 spiro atoms. The van der Waals surface area contributed by atoms with Gasteiger partial charge in [-0.15, -0.1) is 0 Å². The first-order chi connectivity index (χ1) is 19.6. The summed E-state index contributed by atoms with van der Waals surface area (Å²) < 4.78 is 31.4. The summed E-state index contributed by atoms with van der Waals surface area (Å²) in [5, 5.41) is 0.534. The first-order valence-electron chi connectivity index (χ1n) is 13.4. The Bertz CT molecular complexity index is 1470. The van der Waals surface area contributed by atoms with Crippen molar-refractivity contribution in [3.8, 4) is 11.1 Å². The van der Waals surface area contributed by atoms with Crippen LogP contribution in [0, 0.1) is 0 Å². The number of nitrogens with zero attached hydrogens (tertiary/aromatic N) is 3. The number of nitrogens with one attached hydrogen (secondary N) is 1. The summed E-state index contributed by atoms with van der Waals surface area (Å²) in [4.78, 5) is 33.0. The van der Waals surface area contributed by atoms with Crippen molar-refractivity contribution in [1.82, 2.24) is 14.7 Å². The number of amides is 2. The van der Waals surface area contributed by atoms with Crippen molar-refractivity contribution in [1.29, 1.82) is 0 Å². The maximum absolute atomic E-state index is 13.7. The first-order valence-corrected chi connectivity index (χ1v) is 16.4. The zero-order chi connectivity index (χ0) is 29.1. The third-order valence-corrected chi connectivity index (χ3v) is 9.40. The number of hydrogen-bond acceptors (Lipinski definition) is 7. The van der Waals surface area contributed by atoms with Crippen LogP contribution in [0.25, 0.3) is 11.1 Å². The van der Waals surface area contributed by atoms with E-state index in [1.165, 1.54) is 0 Å². The fourth-order valence-corrected chi connectivity index (χ4v) is 7.01. The van der Waals surface area contributed by atoms with Crippen LogP contribution < -0.4 is 4.72 Å². The van der Waals surface area contributed by atoms with E-state index < -0.39 is 10.0 Å². The Hall–Kier alpha value is -2.83. The van der Waals surface area contributed by atoms with Crippen LogP contribution in [0.3, 0.4) is 0 Å². The molecule has 0 aromatic heterocycles. The molecule has 41 heavy (non-hydrogen) atoms. The first kappa shape index (κ1) is 29.7. The molecular formula is C29H33ClN4O5S2. The van der Waals surface area contributed by atoms with E-state index in [4.69, 9.17) is 16.3 Å². The molecule has 2 fully saturated rings. The van der Waals surface area contributed by atoms with Gasteiger partial charge in [-0.1, -0.05) is 48.0 Å². The highest BCUT2D eigenvalue weighted by Crippen LogP contribution is 2.41. The smallest absolute Gasteiger partial charge is 0.287 e. The molecule has 218 valence electrons. The van der Waals surface area contributed by atoms with Crippen molar-refractivity contribution in [2.45, 2.75) is 18.5 Å². The summed E-state index contributed by atoms with van der Waals surface area (Å²) in [5.74, 6) is -0.146. The van der Waals surface area contributed by atoms with E-state index in [0.717, 1.165) is 52.7 Å². The number of benzene rings is 2. The lowest BCUT2D eigenvalue weighted by molar-refractivity contribution is -0.133. The number of sulfonamides is 1. The number of allylic oxidation sites excluding steroid dienone is 2. The summed E-state index contributed by atoms with van der Waals surface area (Å²) in [7, 11) is -1.60. The molecule has 2 heterocycles. The number of thioether (sulfide) groups is 1. The van der Waals surface area contributed by atoms with Gasteiger partial charge in [-0.05, 0) is 52.7 Å². The predicted molar refractivity (Wildman–Crippen MR) is 163 cm³/mol. The van der Waals surface area contributed by atoms with Crippen LogP contribution in [0.4, 0.5) is 10.5 Å². The third-order valence-electron chi connectivity index (χ3n) is 7.46. The van der Waals surface area contributed by atoms with Crippen LogP contribution in [0.1, 0.15) is 18.0 Å². The normalized spacial score (nSPS) is 20.2. The molecule has 2 atom stereocenters. The number of halogens is 1. The fourth-order valence-electron chi connectivity index (χ4n) is 5.25. The van der Waals surface area contributed by atoms with E-state index in [0.29, 0.717) is 36.9 Å². The van der Waals surface area contributed by atoms with E-state index in [1.807, 2.05) is 42.5 Å². The molecule has 0 saturated carbocycles. The second-order valence-corrected chi connectivity index (χ2v) is 13.7. The number of carbonyl (C=O) groups is 2. The molecule has 0 bridgehead atoms. The molecule has 2 aromatic rings. The molecule has 1 N–H and O–H groups in total. The van der Waals surface area contributed by atoms with E-state index in [-0.39, 0.29) is 29.8 Å². The molecular weight excluding hydrogens is 584 g/mol. The second kappa shape index (κ2) is 12.6. The van der Waals surface area contributed by atoms with E-state index in [2.05, 4.69) is 9.62 Å². The number of anilines is 1. The summed E-state index contributed by atoms with van der Waals surface area (Å²) in [6.45, 7) is 3.45. The number of ether oxygens (including phenoxy) is 1. The minimum absolute atomic E-state index is 0.0215. The van der Waals surface area contributed by atoms with E-state index in [9.17, 15) is 18.0 Å². The molecule has 2 aliphatic heterocycles. The maximum atomic E-state index is 13.7. The summed E-state index contributed by atoms with van der Waals surface area (Å²) in [5.41, 5.74) is 3.25. The molecule has 2 unspecified atom stereocenters. The lowest BCUT2D eigenvalue weighted by Crippen LogP contribution is -2.47. The van der Waals surface area contributed by atoms with Gasteiger partial charge in [0, 0.05) is 48.7 Å². The van der Waals surface area contributed by atoms with Gasteiger partial charge >= 0.3 is 0 Å². The SMILES string of the molecule is CN(C(=O)CN1C(=O)SC2=CC=C(Cl)CC21)C(CN1CCOCC1)c1ccc(-c2cccc(NS(C)(=O)=O)c2)cc1. The Morgan fingerprint density at radius 1 is 1.15 bits per heavy atom. The number of carbonyl (C=O) groups excluding carboxylic acids is 2. The van der Waals surface area contributed by atoms with E-state index in [1.54, 1.807) is 35.0 Å². The average Bonchev–Trinajstić information content (AvgIpc) is 3.25. The largest absolute Gasteiger partial charge is 0.379 e. The lowest BCUT2D eigenvalue weighted by Gasteiger charge is -2.36. The van der Waals surface area contributed by atoms with Crippen LogP contribution in [-0.4, -0.2) is 93.0 Å². The van der Waals surface area contributed by atoms with Gasteiger partial charge in [0.25, 0.3) is 5.24 Å². The van der Waals surface area contributed by atoms with Gasteiger partial charge < -0.3 is 14.5 Å². The average molecular weight is 617 g/mol. The summed E-state index contributed by atoms with van der Waals surface area (Å²) in [6.07, 6.45) is 5.31. The Kier molecular flexibility index (Phi) is 9.10. The second-order valence-electron chi connectivity index (χ2n) is 10.4. The number of rotatable bonds is 9. The van der Waals surface area contributed by atoms with Gasteiger partial charge in [0.15, 0.2) is 0 Å². The van der Waals surface area contributed by atoms with E-state index >= 15 is 0 Å². The van der Waals surface area contributed by atoms with Crippen molar-refractivity contribution >= 4 is 50.2 Å². The van der Waals surface area contributed by atoms with Crippen molar-refractivity contribution in [2.24, 2.45) is 0 Å². The molecule has 2 saturated heterocycles. The molecule has 2 aromatic carbocycles. The van der Waals surface area contributed by atoms with Crippen molar-refractivity contribution in [3.63, 3.8) is 0 Å². The predicted octanol–water partition coefficient (Wildman–Crippen LogP) is 4.50. The summed E-state index contributed by atoms with van der Waals surface area (Å²) in [6, 6.07) is 14.7. The van der Waals surface area contributed by atoms with Gasteiger partial charge in [-0.2, -0.15) is 0 Å². The van der Waals surface area contributed by atoms with Crippen LogP contribution >= 0.6 is 23.4 Å². The van der Waals surface area contributed by atoms with Crippen LogP contribution in [0.15, 0.2) is 70.6 Å². The topological polar surface area (TPSA) is 99.3 Å². The quantitative estimate of drug-likeness (QED) is 0.443. The zero-order valence-corrected chi connectivity index (χ0v) is 25.3. The van der Waals surface area contributed by atoms with Crippen molar-refractivity contribution in [3.05, 3.63) is 76.2 Å². The Balaban J connectivity index is 1.36. The Morgan fingerprint density at radius 2 is 1.88 bits per heavy atom. The number of hydrogen-bond donors (Lipinski definition) is 1. The van der Waals surface area contributed by atoms with Crippen LogP contribution in [0.5, 0.6) is 0 Å². The zero-order valence-electron chi connectivity index (χ0n) is 23.0. The van der Waals surface area contributed by atoms with Gasteiger partial charge in [0.2, 0.25) is 15.9 Å². The number of fused-ring (bicyclic) bond motifs is 1. The molecule has 3 aliphatic rings. The third kappa shape index (κ3) is 7.34. The highest BCUT2D eigenvalue weighted by molar-refractivity contribution is 8.17. The van der Waals surface area contributed by atoms with Gasteiger partial charge in [0.1, 0.15) is 6.54 Å². The minimum atomic E-state index is -3.39. The molecule has 0 radical (unpaired) electrons. The number of morpholine rings is 1.